The van der Waals surface area contributed by atoms with E-state index in [1.54, 1.807) is 18.2 Å². The number of Topliss-reactive ketones (excluding diaryl/α,β-unsaturated/α-hetero) is 1. The summed E-state index contributed by atoms with van der Waals surface area (Å²) in [6.45, 7) is 4.06. The van der Waals surface area contributed by atoms with Crippen molar-refractivity contribution in [3.63, 3.8) is 0 Å². The van der Waals surface area contributed by atoms with Gasteiger partial charge in [0.2, 0.25) is 0 Å². The maximum atomic E-state index is 11.5. The monoisotopic (exact) mass is 221 g/mol. The smallest absolute Gasteiger partial charge is 0.289 e. The molecule has 0 aromatic heterocycles. The van der Waals surface area contributed by atoms with Gasteiger partial charge in [0.25, 0.3) is 11.7 Å². The highest BCUT2D eigenvalue weighted by molar-refractivity contribution is 6.42. The number of amides is 1. The van der Waals surface area contributed by atoms with Crippen LogP contribution in [0, 0.1) is 0 Å². The Balaban J connectivity index is 3.22. The summed E-state index contributed by atoms with van der Waals surface area (Å²) < 4.78 is 5.08. The average Bonchev–Trinajstić information content (AvgIpc) is 2.26. The van der Waals surface area contributed by atoms with Crippen LogP contribution in [-0.2, 0) is 4.79 Å². The number of benzene rings is 1. The Kier molecular flexibility index (Phi) is 3.66. The number of hydrogen-bond donors (Lipinski definition) is 1. The van der Waals surface area contributed by atoms with Crippen LogP contribution >= 0.6 is 0 Å². The van der Waals surface area contributed by atoms with Crippen molar-refractivity contribution in [2.45, 2.75) is 19.8 Å². The van der Waals surface area contributed by atoms with Crippen LogP contribution in [0.3, 0.4) is 0 Å². The maximum Gasteiger partial charge on any atom is 0.289 e. The molecule has 0 heterocycles. The van der Waals surface area contributed by atoms with Gasteiger partial charge in [0.05, 0.1) is 12.7 Å². The molecule has 0 spiro atoms. The van der Waals surface area contributed by atoms with Gasteiger partial charge in [-0.25, -0.2) is 0 Å². The van der Waals surface area contributed by atoms with Crippen LogP contribution < -0.4 is 10.5 Å². The Morgan fingerprint density at radius 1 is 1.31 bits per heavy atom. The van der Waals surface area contributed by atoms with Crippen molar-refractivity contribution in [3.05, 3.63) is 29.3 Å². The van der Waals surface area contributed by atoms with Gasteiger partial charge in [-0.05, 0) is 23.6 Å². The van der Waals surface area contributed by atoms with Gasteiger partial charge in [0.15, 0.2) is 0 Å². The molecule has 86 valence electrons. The lowest BCUT2D eigenvalue weighted by Crippen LogP contribution is -2.23. The van der Waals surface area contributed by atoms with Crippen molar-refractivity contribution >= 4 is 11.7 Å². The highest BCUT2D eigenvalue weighted by Crippen LogP contribution is 2.24. The molecule has 1 aromatic rings. The van der Waals surface area contributed by atoms with Crippen molar-refractivity contribution in [2.24, 2.45) is 5.73 Å². The van der Waals surface area contributed by atoms with E-state index in [2.05, 4.69) is 0 Å². The largest absolute Gasteiger partial charge is 0.496 e. The number of carbonyl (C=O) groups excluding carboxylic acids is 2. The summed E-state index contributed by atoms with van der Waals surface area (Å²) in [5.41, 5.74) is 6.19. The van der Waals surface area contributed by atoms with Gasteiger partial charge in [-0.1, -0.05) is 19.9 Å². The number of ketones is 1. The van der Waals surface area contributed by atoms with E-state index < -0.39 is 11.7 Å². The molecule has 0 radical (unpaired) electrons. The third-order valence-electron chi connectivity index (χ3n) is 2.36. The first-order valence-electron chi connectivity index (χ1n) is 4.99. The first-order chi connectivity index (χ1) is 7.47. The molecule has 0 fully saturated rings. The van der Waals surface area contributed by atoms with Crippen molar-refractivity contribution in [1.29, 1.82) is 0 Å². The molecule has 16 heavy (non-hydrogen) atoms. The Labute approximate surface area is 94.4 Å². The molecule has 2 N–H and O–H groups in total. The first-order valence-corrected chi connectivity index (χ1v) is 4.99. The molecule has 0 atom stereocenters. The highest BCUT2D eigenvalue weighted by atomic mass is 16.5. The fourth-order valence-corrected chi connectivity index (χ4v) is 1.39. The number of ether oxygens (including phenoxy) is 1. The van der Waals surface area contributed by atoms with Crippen LogP contribution in [0.2, 0.25) is 0 Å². The molecule has 0 aliphatic carbocycles. The van der Waals surface area contributed by atoms with Gasteiger partial charge in [-0.3, -0.25) is 9.59 Å². The van der Waals surface area contributed by atoms with Gasteiger partial charge >= 0.3 is 0 Å². The number of nitrogens with two attached hydrogens (primary N) is 1. The Morgan fingerprint density at radius 3 is 2.38 bits per heavy atom. The number of rotatable bonds is 4. The zero-order valence-corrected chi connectivity index (χ0v) is 9.61. The van der Waals surface area contributed by atoms with E-state index in [0.717, 1.165) is 5.56 Å². The van der Waals surface area contributed by atoms with Crippen LogP contribution in [0.15, 0.2) is 18.2 Å². The van der Waals surface area contributed by atoms with Crippen molar-refractivity contribution in [2.75, 3.05) is 7.11 Å². The lowest BCUT2D eigenvalue weighted by molar-refractivity contribution is -0.114. The van der Waals surface area contributed by atoms with E-state index in [9.17, 15) is 9.59 Å². The van der Waals surface area contributed by atoms with E-state index in [-0.39, 0.29) is 5.56 Å². The van der Waals surface area contributed by atoms with E-state index in [4.69, 9.17) is 10.5 Å². The topological polar surface area (TPSA) is 69.4 Å². The predicted molar refractivity (Wildman–Crippen MR) is 60.6 cm³/mol. The van der Waals surface area contributed by atoms with Gasteiger partial charge < -0.3 is 10.5 Å². The van der Waals surface area contributed by atoms with Crippen molar-refractivity contribution in [3.8, 4) is 5.75 Å². The van der Waals surface area contributed by atoms with Crippen LogP contribution in [0.25, 0.3) is 0 Å². The minimum Gasteiger partial charge on any atom is -0.496 e. The Hall–Kier alpha value is -1.84. The molecule has 4 heteroatoms. The lowest BCUT2D eigenvalue weighted by Gasteiger charge is -2.10. The second-order valence-corrected chi connectivity index (χ2v) is 3.81. The summed E-state index contributed by atoms with van der Waals surface area (Å²) >= 11 is 0. The molecule has 0 saturated heterocycles. The molecule has 1 aromatic carbocycles. The van der Waals surface area contributed by atoms with Gasteiger partial charge in [0, 0.05) is 0 Å². The Bertz CT molecular complexity index is 424. The fraction of sp³-hybridized carbons (Fsp3) is 0.333. The molecule has 1 rings (SSSR count). The maximum absolute atomic E-state index is 11.5. The SMILES string of the molecule is COc1cc(C(C)C)ccc1C(=O)C(N)=O. The molecule has 0 aliphatic heterocycles. The molecule has 1 amide bonds. The van der Waals surface area contributed by atoms with E-state index in [1.165, 1.54) is 7.11 Å². The minimum atomic E-state index is -0.976. The molecule has 0 saturated carbocycles. The zero-order chi connectivity index (χ0) is 12.3. The van der Waals surface area contributed by atoms with Gasteiger partial charge in [-0.2, -0.15) is 0 Å². The van der Waals surface area contributed by atoms with Crippen LogP contribution in [-0.4, -0.2) is 18.8 Å². The van der Waals surface area contributed by atoms with Crippen molar-refractivity contribution in [1.82, 2.24) is 0 Å². The van der Waals surface area contributed by atoms with Crippen LogP contribution in [0.1, 0.15) is 35.7 Å². The van der Waals surface area contributed by atoms with Gasteiger partial charge in [0.1, 0.15) is 5.75 Å². The summed E-state index contributed by atoms with van der Waals surface area (Å²) in [6.07, 6.45) is 0. The third-order valence-corrected chi connectivity index (χ3v) is 2.36. The highest BCUT2D eigenvalue weighted by Gasteiger charge is 2.18. The van der Waals surface area contributed by atoms with E-state index in [1.807, 2.05) is 13.8 Å². The normalized spacial score (nSPS) is 10.2. The predicted octanol–water partition coefficient (Wildman–Crippen LogP) is 1.49. The second kappa shape index (κ2) is 4.79. The van der Waals surface area contributed by atoms with Crippen LogP contribution in [0.4, 0.5) is 0 Å². The molecule has 0 bridgehead atoms. The van der Waals surface area contributed by atoms with Crippen LogP contribution in [0.5, 0.6) is 5.75 Å². The van der Waals surface area contributed by atoms with E-state index in [0.29, 0.717) is 11.7 Å². The lowest BCUT2D eigenvalue weighted by atomic mass is 9.99. The fourth-order valence-electron chi connectivity index (χ4n) is 1.39. The number of hydrogen-bond acceptors (Lipinski definition) is 3. The molecule has 0 aliphatic rings. The number of methoxy groups -OCH3 is 1. The van der Waals surface area contributed by atoms with Crippen molar-refractivity contribution < 1.29 is 14.3 Å². The zero-order valence-electron chi connectivity index (χ0n) is 9.61. The summed E-state index contributed by atoms with van der Waals surface area (Å²) in [6, 6.07) is 5.12. The van der Waals surface area contributed by atoms with Gasteiger partial charge in [-0.15, -0.1) is 0 Å². The third kappa shape index (κ3) is 2.39. The Morgan fingerprint density at radius 2 is 1.94 bits per heavy atom. The van der Waals surface area contributed by atoms with E-state index >= 15 is 0 Å². The molecule has 0 unspecified atom stereocenters. The standard InChI is InChI=1S/C12H15NO3/c1-7(2)8-4-5-9(10(6-8)16-3)11(14)12(13)15/h4-7H,1-3H3,(H2,13,15). The molecule has 4 nitrogen and oxygen atoms in total. The first kappa shape index (κ1) is 12.2. The summed E-state index contributed by atoms with van der Waals surface area (Å²) in [5.74, 6) is -0.996. The minimum absolute atomic E-state index is 0.208. The average molecular weight is 221 g/mol. The summed E-state index contributed by atoms with van der Waals surface area (Å²) in [5, 5.41) is 0. The second-order valence-electron chi connectivity index (χ2n) is 3.81. The molecular weight excluding hydrogens is 206 g/mol. The number of primary amides is 1. The number of carbonyl (C=O) groups is 2. The quantitative estimate of drug-likeness (QED) is 0.618. The summed E-state index contributed by atoms with van der Waals surface area (Å²) in [4.78, 5) is 22.3. The summed E-state index contributed by atoms with van der Waals surface area (Å²) in [7, 11) is 1.46. The molecular formula is C12H15NO3.